The van der Waals surface area contributed by atoms with Gasteiger partial charge in [0.25, 0.3) is 0 Å². The van der Waals surface area contributed by atoms with Crippen LogP contribution in [0.1, 0.15) is 25.3 Å². The second-order valence-electron chi connectivity index (χ2n) is 3.50. The van der Waals surface area contributed by atoms with Crippen molar-refractivity contribution in [3.8, 4) is 11.5 Å². The van der Waals surface area contributed by atoms with Crippen molar-refractivity contribution in [1.29, 1.82) is 0 Å². The SMILES string of the molecule is CCCC/N=C/c1ccc2c(c1)OCO2. The van der Waals surface area contributed by atoms with E-state index in [9.17, 15) is 0 Å². The molecule has 1 aliphatic heterocycles. The fourth-order valence-corrected chi connectivity index (χ4v) is 1.41. The van der Waals surface area contributed by atoms with Crippen LogP contribution in [0.3, 0.4) is 0 Å². The van der Waals surface area contributed by atoms with Gasteiger partial charge in [-0.15, -0.1) is 0 Å². The molecule has 0 bridgehead atoms. The van der Waals surface area contributed by atoms with E-state index in [1.807, 2.05) is 24.4 Å². The normalized spacial score (nSPS) is 13.7. The van der Waals surface area contributed by atoms with Crippen molar-refractivity contribution in [2.75, 3.05) is 13.3 Å². The Labute approximate surface area is 89.7 Å². The lowest BCUT2D eigenvalue weighted by Gasteiger charge is -1.97. The molecule has 0 N–H and O–H groups in total. The highest BCUT2D eigenvalue weighted by molar-refractivity contribution is 5.81. The van der Waals surface area contributed by atoms with E-state index in [1.54, 1.807) is 0 Å². The lowest BCUT2D eigenvalue weighted by Crippen LogP contribution is -1.92. The lowest BCUT2D eigenvalue weighted by atomic mass is 10.2. The smallest absolute Gasteiger partial charge is 0.231 e. The van der Waals surface area contributed by atoms with Crippen molar-refractivity contribution in [2.24, 2.45) is 4.99 Å². The minimum atomic E-state index is 0.325. The first-order valence-electron chi connectivity index (χ1n) is 5.29. The maximum atomic E-state index is 5.28. The molecule has 0 amide bonds. The Morgan fingerprint density at radius 2 is 2.20 bits per heavy atom. The highest BCUT2D eigenvalue weighted by Crippen LogP contribution is 2.31. The molecule has 80 valence electrons. The van der Waals surface area contributed by atoms with E-state index < -0.39 is 0 Å². The van der Waals surface area contributed by atoms with Crippen LogP contribution in [0.25, 0.3) is 0 Å². The number of nitrogens with zero attached hydrogens (tertiary/aromatic N) is 1. The van der Waals surface area contributed by atoms with Gasteiger partial charge in [-0.1, -0.05) is 13.3 Å². The third-order valence-corrected chi connectivity index (χ3v) is 2.28. The topological polar surface area (TPSA) is 30.8 Å². The van der Waals surface area contributed by atoms with Gasteiger partial charge in [0.1, 0.15) is 0 Å². The van der Waals surface area contributed by atoms with Gasteiger partial charge in [-0.3, -0.25) is 4.99 Å². The van der Waals surface area contributed by atoms with Crippen molar-refractivity contribution >= 4 is 6.21 Å². The molecule has 0 aliphatic carbocycles. The Morgan fingerprint density at radius 3 is 3.07 bits per heavy atom. The zero-order chi connectivity index (χ0) is 10.5. The van der Waals surface area contributed by atoms with Gasteiger partial charge in [0, 0.05) is 12.8 Å². The molecular formula is C12H15NO2. The predicted octanol–water partition coefficient (Wildman–Crippen LogP) is 2.63. The number of hydrogen-bond acceptors (Lipinski definition) is 3. The van der Waals surface area contributed by atoms with Crippen molar-refractivity contribution < 1.29 is 9.47 Å². The van der Waals surface area contributed by atoms with E-state index in [2.05, 4.69) is 11.9 Å². The summed E-state index contributed by atoms with van der Waals surface area (Å²) in [6, 6.07) is 5.87. The molecule has 0 aromatic heterocycles. The second-order valence-corrected chi connectivity index (χ2v) is 3.50. The van der Waals surface area contributed by atoms with Gasteiger partial charge in [0.05, 0.1) is 0 Å². The molecule has 0 unspecified atom stereocenters. The molecule has 15 heavy (non-hydrogen) atoms. The zero-order valence-electron chi connectivity index (χ0n) is 8.90. The first-order valence-corrected chi connectivity index (χ1v) is 5.29. The molecule has 1 aromatic rings. The monoisotopic (exact) mass is 205 g/mol. The standard InChI is InChI=1S/C12H15NO2/c1-2-3-6-13-8-10-4-5-11-12(7-10)15-9-14-11/h4-5,7-8H,2-3,6,9H2,1H3/b13-8+. The average molecular weight is 205 g/mol. The Morgan fingerprint density at radius 1 is 1.33 bits per heavy atom. The van der Waals surface area contributed by atoms with Gasteiger partial charge in [-0.25, -0.2) is 0 Å². The summed E-state index contributed by atoms with van der Waals surface area (Å²) in [5.41, 5.74) is 1.07. The summed E-state index contributed by atoms with van der Waals surface area (Å²) in [6.07, 6.45) is 4.21. The molecule has 0 spiro atoms. The maximum Gasteiger partial charge on any atom is 0.231 e. The highest BCUT2D eigenvalue weighted by atomic mass is 16.7. The summed E-state index contributed by atoms with van der Waals surface area (Å²) in [5, 5.41) is 0. The quantitative estimate of drug-likeness (QED) is 0.559. The Balaban J connectivity index is 2.00. The number of benzene rings is 1. The van der Waals surface area contributed by atoms with Crippen molar-refractivity contribution in [1.82, 2.24) is 0 Å². The predicted molar refractivity (Wildman–Crippen MR) is 59.9 cm³/mol. The summed E-state index contributed by atoms with van der Waals surface area (Å²) < 4.78 is 10.5. The van der Waals surface area contributed by atoms with Crippen LogP contribution in [0.5, 0.6) is 11.5 Å². The fraction of sp³-hybridized carbons (Fsp3) is 0.417. The highest BCUT2D eigenvalue weighted by Gasteiger charge is 2.12. The number of unbranched alkanes of at least 4 members (excludes halogenated alkanes) is 1. The van der Waals surface area contributed by atoms with Crippen LogP contribution in [-0.4, -0.2) is 19.6 Å². The van der Waals surface area contributed by atoms with Gasteiger partial charge in [-0.05, 0) is 30.2 Å². The molecule has 3 nitrogen and oxygen atoms in total. The van der Waals surface area contributed by atoms with Crippen molar-refractivity contribution in [3.05, 3.63) is 23.8 Å². The van der Waals surface area contributed by atoms with Crippen LogP contribution < -0.4 is 9.47 Å². The Bertz CT molecular complexity index is 361. The van der Waals surface area contributed by atoms with Crippen LogP contribution in [0.2, 0.25) is 0 Å². The first kappa shape index (κ1) is 10.0. The molecule has 0 saturated carbocycles. The van der Waals surface area contributed by atoms with E-state index in [1.165, 1.54) is 6.42 Å². The molecule has 0 radical (unpaired) electrons. The number of aliphatic imine (C=N–C) groups is 1. The van der Waals surface area contributed by atoms with Crippen LogP contribution in [0.4, 0.5) is 0 Å². The van der Waals surface area contributed by atoms with Gasteiger partial charge in [0.2, 0.25) is 6.79 Å². The molecule has 2 rings (SSSR count). The molecular weight excluding hydrogens is 190 g/mol. The molecule has 3 heteroatoms. The number of ether oxygens (including phenoxy) is 2. The number of rotatable bonds is 4. The van der Waals surface area contributed by atoms with E-state index in [-0.39, 0.29) is 0 Å². The third kappa shape index (κ3) is 2.49. The van der Waals surface area contributed by atoms with Crippen LogP contribution in [0, 0.1) is 0 Å². The Hall–Kier alpha value is -1.51. The summed E-state index contributed by atoms with van der Waals surface area (Å²) >= 11 is 0. The summed E-state index contributed by atoms with van der Waals surface area (Å²) in [5.74, 6) is 1.63. The number of hydrogen-bond donors (Lipinski definition) is 0. The molecule has 1 aromatic carbocycles. The number of fused-ring (bicyclic) bond motifs is 1. The molecule has 0 saturated heterocycles. The first-order chi connectivity index (χ1) is 7.40. The van der Waals surface area contributed by atoms with Gasteiger partial charge in [-0.2, -0.15) is 0 Å². The zero-order valence-corrected chi connectivity index (χ0v) is 8.90. The average Bonchev–Trinajstić information content (AvgIpc) is 2.71. The second kappa shape index (κ2) is 4.82. The minimum Gasteiger partial charge on any atom is -0.454 e. The van der Waals surface area contributed by atoms with E-state index in [0.29, 0.717) is 6.79 Å². The Kier molecular flexibility index (Phi) is 3.22. The van der Waals surface area contributed by atoms with Gasteiger partial charge >= 0.3 is 0 Å². The summed E-state index contributed by atoms with van der Waals surface area (Å²) in [4.78, 5) is 4.34. The maximum absolute atomic E-state index is 5.28. The largest absolute Gasteiger partial charge is 0.454 e. The van der Waals surface area contributed by atoms with Crippen LogP contribution >= 0.6 is 0 Å². The van der Waals surface area contributed by atoms with E-state index >= 15 is 0 Å². The molecule has 1 heterocycles. The molecule has 0 fully saturated rings. The lowest BCUT2D eigenvalue weighted by molar-refractivity contribution is 0.174. The molecule has 0 atom stereocenters. The van der Waals surface area contributed by atoms with Gasteiger partial charge in [0.15, 0.2) is 11.5 Å². The van der Waals surface area contributed by atoms with Crippen molar-refractivity contribution in [2.45, 2.75) is 19.8 Å². The summed E-state index contributed by atoms with van der Waals surface area (Å²) in [7, 11) is 0. The third-order valence-electron chi connectivity index (χ3n) is 2.28. The van der Waals surface area contributed by atoms with Gasteiger partial charge < -0.3 is 9.47 Å². The van der Waals surface area contributed by atoms with E-state index in [4.69, 9.17) is 9.47 Å². The van der Waals surface area contributed by atoms with E-state index in [0.717, 1.165) is 30.0 Å². The summed E-state index contributed by atoms with van der Waals surface area (Å²) in [6.45, 7) is 3.38. The van der Waals surface area contributed by atoms with Crippen LogP contribution in [0.15, 0.2) is 23.2 Å². The van der Waals surface area contributed by atoms with Crippen LogP contribution in [-0.2, 0) is 0 Å². The molecule has 1 aliphatic rings. The fourth-order valence-electron chi connectivity index (χ4n) is 1.41. The van der Waals surface area contributed by atoms with Crippen molar-refractivity contribution in [3.63, 3.8) is 0 Å². The minimum absolute atomic E-state index is 0.325.